The second-order valence-corrected chi connectivity index (χ2v) is 8.49. The summed E-state index contributed by atoms with van der Waals surface area (Å²) < 4.78 is 1.82. The molecule has 0 bridgehead atoms. The molecule has 0 aliphatic heterocycles. The average Bonchev–Trinajstić information content (AvgIpc) is 3.28. The van der Waals surface area contributed by atoms with E-state index in [0.29, 0.717) is 22.2 Å². The summed E-state index contributed by atoms with van der Waals surface area (Å²) in [5.74, 6) is -0.253. The van der Waals surface area contributed by atoms with Crippen LogP contribution in [-0.2, 0) is 4.79 Å². The van der Waals surface area contributed by atoms with Crippen molar-refractivity contribution >= 4 is 29.4 Å². The minimum atomic E-state index is -0.363. The number of aromatic nitrogens is 2. The van der Waals surface area contributed by atoms with Gasteiger partial charge in [-0.2, -0.15) is 0 Å². The average molecular weight is 485 g/mol. The Morgan fingerprint density at radius 3 is 2.37 bits per heavy atom. The Balaban J connectivity index is 1.61. The lowest BCUT2D eigenvalue weighted by molar-refractivity contribution is -0.116. The maximum Gasteiger partial charge on any atom is 0.254 e. The second-order valence-electron chi connectivity index (χ2n) is 8.05. The predicted molar refractivity (Wildman–Crippen MR) is 140 cm³/mol. The zero-order valence-corrected chi connectivity index (χ0v) is 20.1. The van der Waals surface area contributed by atoms with Crippen molar-refractivity contribution < 1.29 is 9.59 Å². The highest BCUT2D eigenvalue weighted by Gasteiger charge is 2.20. The number of rotatable bonds is 8. The van der Waals surface area contributed by atoms with Crippen molar-refractivity contribution in [2.75, 3.05) is 18.4 Å². The fourth-order valence-corrected chi connectivity index (χ4v) is 3.73. The van der Waals surface area contributed by atoms with Crippen molar-refractivity contribution in [3.05, 3.63) is 114 Å². The van der Waals surface area contributed by atoms with Gasteiger partial charge in [-0.15, -0.1) is 6.58 Å². The number of hydrogen-bond acceptors (Lipinski definition) is 3. The van der Waals surface area contributed by atoms with Gasteiger partial charge in [0.25, 0.3) is 5.91 Å². The smallest absolute Gasteiger partial charge is 0.254 e. The molecule has 0 aliphatic carbocycles. The molecule has 0 saturated carbocycles. The molecule has 0 radical (unpaired) electrons. The predicted octanol–water partition coefficient (Wildman–Crippen LogP) is 5.77. The first kappa shape index (κ1) is 24.0. The first-order chi connectivity index (χ1) is 16.9. The van der Waals surface area contributed by atoms with Gasteiger partial charge in [0.15, 0.2) is 0 Å². The highest BCUT2D eigenvalue weighted by molar-refractivity contribution is 6.30. The number of nitrogens with one attached hydrogen (secondary N) is 1. The van der Waals surface area contributed by atoms with E-state index in [1.807, 2.05) is 60.2 Å². The summed E-state index contributed by atoms with van der Waals surface area (Å²) in [4.78, 5) is 32.1. The van der Waals surface area contributed by atoms with E-state index < -0.39 is 0 Å². The Bertz CT molecular complexity index is 1330. The number of hydrogen-bond donors (Lipinski definition) is 1. The number of aryl methyl sites for hydroxylation is 1. The number of amides is 2. The van der Waals surface area contributed by atoms with E-state index in [1.165, 1.54) is 4.90 Å². The summed E-state index contributed by atoms with van der Waals surface area (Å²) in [6.07, 6.45) is 3.46. The number of imidazole rings is 1. The molecule has 176 valence electrons. The van der Waals surface area contributed by atoms with E-state index in [-0.39, 0.29) is 24.9 Å². The van der Waals surface area contributed by atoms with E-state index in [2.05, 4.69) is 16.9 Å². The quantitative estimate of drug-likeness (QED) is 0.323. The standard InChI is InChI=1S/C28H25ClN4O2/c1-3-17-32(27(35)22-7-5-4-6-8-22)19-26(34)31-28-30-25(21-11-13-23(29)14-12-21)18-33(28)24-15-9-20(2)10-16-24/h3-16,18H,1,17,19H2,2H3,(H,30,31,34). The summed E-state index contributed by atoms with van der Waals surface area (Å²) >= 11 is 6.04. The Kier molecular flexibility index (Phi) is 7.43. The van der Waals surface area contributed by atoms with Gasteiger partial charge in [-0.1, -0.05) is 65.7 Å². The van der Waals surface area contributed by atoms with Crippen molar-refractivity contribution in [1.29, 1.82) is 0 Å². The maximum absolute atomic E-state index is 13.1. The van der Waals surface area contributed by atoms with Gasteiger partial charge in [0.1, 0.15) is 6.54 Å². The number of carbonyl (C=O) groups excluding carboxylic acids is 2. The van der Waals surface area contributed by atoms with E-state index in [9.17, 15) is 9.59 Å². The van der Waals surface area contributed by atoms with E-state index >= 15 is 0 Å². The molecule has 4 rings (SSSR count). The molecular formula is C28H25ClN4O2. The van der Waals surface area contributed by atoms with Crippen LogP contribution >= 0.6 is 11.6 Å². The normalized spacial score (nSPS) is 10.6. The van der Waals surface area contributed by atoms with Crippen LogP contribution in [0.2, 0.25) is 5.02 Å². The zero-order chi connectivity index (χ0) is 24.8. The minimum absolute atomic E-state index is 0.142. The van der Waals surface area contributed by atoms with Gasteiger partial charge in [-0.25, -0.2) is 4.98 Å². The molecule has 0 saturated heterocycles. The summed E-state index contributed by atoms with van der Waals surface area (Å²) in [5, 5.41) is 3.51. The molecule has 0 atom stereocenters. The SMILES string of the molecule is C=CCN(CC(=O)Nc1nc(-c2ccc(Cl)cc2)cn1-c1ccc(C)cc1)C(=O)c1ccccc1. The van der Waals surface area contributed by atoms with Crippen LogP contribution in [0.1, 0.15) is 15.9 Å². The molecule has 0 unspecified atom stereocenters. The van der Waals surface area contributed by atoms with E-state index in [0.717, 1.165) is 16.8 Å². The summed E-state index contributed by atoms with van der Waals surface area (Å²) in [6, 6.07) is 24.1. The third kappa shape index (κ3) is 5.86. The first-order valence-electron chi connectivity index (χ1n) is 11.1. The molecule has 7 heteroatoms. The lowest BCUT2D eigenvalue weighted by Gasteiger charge is -2.20. The number of anilines is 1. The number of carbonyl (C=O) groups is 2. The molecule has 2 amide bonds. The largest absolute Gasteiger partial charge is 0.326 e. The topological polar surface area (TPSA) is 67.2 Å². The highest BCUT2D eigenvalue weighted by atomic mass is 35.5. The Morgan fingerprint density at radius 1 is 1.03 bits per heavy atom. The minimum Gasteiger partial charge on any atom is -0.326 e. The van der Waals surface area contributed by atoms with Gasteiger partial charge in [-0.3, -0.25) is 19.5 Å². The van der Waals surface area contributed by atoms with Crippen LogP contribution in [0.3, 0.4) is 0 Å². The molecule has 1 N–H and O–H groups in total. The number of nitrogens with zero attached hydrogens (tertiary/aromatic N) is 3. The Morgan fingerprint density at radius 2 is 1.71 bits per heavy atom. The summed E-state index contributed by atoms with van der Waals surface area (Å²) in [5.41, 5.74) is 4.02. The first-order valence-corrected chi connectivity index (χ1v) is 11.5. The van der Waals surface area contributed by atoms with Gasteiger partial charge >= 0.3 is 0 Å². The molecule has 1 heterocycles. The van der Waals surface area contributed by atoms with Crippen LogP contribution in [0.25, 0.3) is 16.9 Å². The molecule has 0 spiro atoms. The zero-order valence-electron chi connectivity index (χ0n) is 19.3. The Hall–Kier alpha value is -4.16. The van der Waals surface area contributed by atoms with Crippen LogP contribution in [0.15, 0.2) is 97.7 Å². The third-order valence-corrected chi connectivity index (χ3v) is 5.65. The molecule has 3 aromatic carbocycles. The van der Waals surface area contributed by atoms with Crippen LogP contribution in [0.5, 0.6) is 0 Å². The van der Waals surface area contributed by atoms with Gasteiger partial charge < -0.3 is 4.90 Å². The molecule has 35 heavy (non-hydrogen) atoms. The van der Waals surface area contributed by atoms with E-state index in [1.54, 1.807) is 42.5 Å². The van der Waals surface area contributed by atoms with E-state index in [4.69, 9.17) is 11.6 Å². The van der Waals surface area contributed by atoms with Crippen LogP contribution in [0.4, 0.5) is 5.95 Å². The third-order valence-electron chi connectivity index (χ3n) is 5.40. The molecule has 1 aromatic heterocycles. The lowest BCUT2D eigenvalue weighted by atomic mass is 10.2. The molecular weight excluding hydrogens is 460 g/mol. The van der Waals surface area contributed by atoms with Gasteiger partial charge in [0.05, 0.1) is 5.69 Å². The van der Waals surface area contributed by atoms with Crippen molar-refractivity contribution in [2.45, 2.75) is 6.92 Å². The van der Waals surface area contributed by atoms with Gasteiger partial charge in [0, 0.05) is 34.6 Å². The van der Waals surface area contributed by atoms with Crippen LogP contribution < -0.4 is 5.32 Å². The van der Waals surface area contributed by atoms with Crippen molar-refractivity contribution in [3.8, 4) is 16.9 Å². The monoisotopic (exact) mass is 484 g/mol. The summed E-state index contributed by atoms with van der Waals surface area (Å²) in [6.45, 7) is 5.83. The Labute approximate surface area is 209 Å². The lowest BCUT2D eigenvalue weighted by Crippen LogP contribution is -2.38. The van der Waals surface area contributed by atoms with Gasteiger partial charge in [0.2, 0.25) is 11.9 Å². The molecule has 6 nitrogen and oxygen atoms in total. The summed E-state index contributed by atoms with van der Waals surface area (Å²) in [7, 11) is 0. The molecule has 0 fully saturated rings. The number of benzene rings is 3. The van der Waals surface area contributed by atoms with Crippen LogP contribution in [-0.4, -0.2) is 39.4 Å². The fraction of sp³-hybridized carbons (Fsp3) is 0.107. The maximum atomic E-state index is 13.1. The van der Waals surface area contributed by atoms with Gasteiger partial charge in [-0.05, 0) is 43.3 Å². The van der Waals surface area contributed by atoms with Crippen molar-refractivity contribution in [2.24, 2.45) is 0 Å². The molecule has 4 aromatic rings. The van der Waals surface area contributed by atoms with Crippen LogP contribution in [0, 0.1) is 6.92 Å². The van der Waals surface area contributed by atoms with Crippen molar-refractivity contribution in [1.82, 2.24) is 14.5 Å². The fourth-order valence-electron chi connectivity index (χ4n) is 3.61. The van der Waals surface area contributed by atoms with Crippen molar-refractivity contribution in [3.63, 3.8) is 0 Å². The highest BCUT2D eigenvalue weighted by Crippen LogP contribution is 2.26. The second kappa shape index (κ2) is 10.8. The number of halogens is 1. The molecule has 0 aliphatic rings.